The first-order chi connectivity index (χ1) is 4.33. The van der Waals surface area contributed by atoms with Crippen molar-refractivity contribution in [1.82, 2.24) is 4.98 Å². The van der Waals surface area contributed by atoms with Crippen LogP contribution in [0.5, 0.6) is 5.88 Å². The Morgan fingerprint density at radius 3 is 2.60 bits per heavy atom. The third-order valence-corrected chi connectivity index (χ3v) is 1.13. The van der Waals surface area contributed by atoms with Crippen molar-refractivity contribution in [2.75, 3.05) is 7.11 Å². The summed E-state index contributed by atoms with van der Waals surface area (Å²) in [5.41, 5.74) is 0. The van der Waals surface area contributed by atoms with E-state index < -0.39 is 0 Å². The van der Waals surface area contributed by atoms with Gasteiger partial charge in [0.1, 0.15) is 0 Å². The second-order valence-corrected chi connectivity index (χ2v) is 1.96. The van der Waals surface area contributed by atoms with E-state index in [9.17, 15) is 0 Å². The molecule has 0 unspecified atom stereocenters. The summed E-state index contributed by atoms with van der Waals surface area (Å²) < 4.78 is 4.80. The Balaban J connectivity index is 0.000000810. The normalized spacial score (nSPS) is 8.20. The van der Waals surface area contributed by atoms with Crippen LogP contribution in [0.15, 0.2) is 18.3 Å². The molecule has 0 amide bonds. The fourth-order valence-corrected chi connectivity index (χ4v) is 0.595. The van der Waals surface area contributed by atoms with Gasteiger partial charge in [-0.1, -0.05) is 11.6 Å². The van der Waals surface area contributed by atoms with Gasteiger partial charge in [0.15, 0.2) is 0 Å². The maximum atomic E-state index is 5.55. The van der Waals surface area contributed by atoms with Gasteiger partial charge in [0.25, 0.3) is 0 Å². The van der Waals surface area contributed by atoms with Gasteiger partial charge >= 0.3 is 51.4 Å². The molecule has 0 aliphatic rings. The van der Waals surface area contributed by atoms with Gasteiger partial charge in [-0.15, -0.1) is 0 Å². The van der Waals surface area contributed by atoms with Crippen LogP contribution in [0.3, 0.4) is 0 Å². The minimum atomic E-state index is 0. The molecule has 0 spiro atoms. The molecule has 0 aromatic carbocycles. The Bertz CT molecular complexity index is 189. The summed E-state index contributed by atoms with van der Waals surface area (Å²) in [4.78, 5) is 3.84. The van der Waals surface area contributed by atoms with Crippen molar-refractivity contribution in [3.8, 4) is 5.88 Å². The van der Waals surface area contributed by atoms with Gasteiger partial charge < -0.3 is 4.74 Å². The first-order valence-electron chi connectivity index (χ1n) is 2.48. The molecule has 1 heterocycles. The van der Waals surface area contributed by atoms with Crippen molar-refractivity contribution in [2.24, 2.45) is 0 Å². The monoisotopic (exact) mass is 183 g/mol. The van der Waals surface area contributed by atoms with E-state index in [1.54, 1.807) is 25.4 Å². The molecule has 10 heavy (non-hydrogen) atoms. The van der Waals surface area contributed by atoms with Crippen molar-refractivity contribution in [3.05, 3.63) is 23.4 Å². The molecule has 1 rings (SSSR count). The zero-order chi connectivity index (χ0) is 6.69. The number of nitrogens with zero attached hydrogens (tertiary/aromatic N) is 1. The van der Waals surface area contributed by atoms with Crippen LogP contribution in [0, 0.1) is 0 Å². The Morgan fingerprint density at radius 1 is 1.50 bits per heavy atom. The molecular weight excluding hydrogens is 177 g/mol. The molecule has 50 valence electrons. The van der Waals surface area contributed by atoms with Gasteiger partial charge in [-0.3, -0.25) is 0 Å². The van der Waals surface area contributed by atoms with Crippen LogP contribution in [0.2, 0.25) is 5.02 Å². The zero-order valence-corrected chi connectivity index (χ0v) is 5.72. The summed E-state index contributed by atoms with van der Waals surface area (Å²) in [6.45, 7) is 0. The van der Waals surface area contributed by atoms with Crippen molar-refractivity contribution in [2.45, 2.75) is 0 Å². The molecule has 0 aliphatic heterocycles. The molecule has 0 saturated carbocycles. The zero-order valence-electron chi connectivity index (χ0n) is 4.97. The second-order valence-electron chi connectivity index (χ2n) is 1.52. The Hall–Kier alpha value is 0.876. The maximum absolute atomic E-state index is 5.55. The summed E-state index contributed by atoms with van der Waals surface area (Å²) in [5, 5.41) is 0.621. The summed E-state index contributed by atoms with van der Waals surface area (Å²) in [5.74, 6) is 0.583. The van der Waals surface area contributed by atoms with Crippen LogP contribution in [0.4, 0.5) is 0 Å². The quantitative estimate of drug-likeness (QED) is 0.609. The number of hydrogen-bond acceptors (Lipinski definition) is 2. The van der Waals surface area contributed by atoms with Crippen LogP contribution in [-0.2, 0) is 0 Å². The number of pyridine rings is 1. The third-order valence-electron chi connectivity index (χ3n) is 0.909. The average Bonchev–Trinajstić information content (AvgIpc) is 1.90. The number of halogens is 1. The standard InChI is InChI=1S/C6H6ClNO.K.H/c1-9-6-3-2-5(7)4-8-6;;/h2-4H,1H3;;. The molecule has 0 bridgehead atoms. The van der Waals surface area contributed by atoms with E-state index in [1.807, 2.05) is 0 Å². The van der Waals surface area contributed by atoms with E-state index >= 15 is 0 Å². The third kappa shape index (κ3) is 3.32. The summed E-state index contributed by atoms with van der Waals surface area (Å²) in [6.07, 6.45) is 1.54. The number of methoxy groups -OCH3 is 1. The molecule has 1 aromatic rings. The van der Waals surface area contributed by atoms with Crippen LogP contribution in [0.25, 0.3) is 0 Å². The molecule has 0 atom stereocenters. The van der Waals surface area contributed by atoms with Crippen molar-refractivity contribution >= 4 is 63.0 Å². The number of ether oxygens (including phenoxy) is 1. The summed E-state index contributed by atoms with van der Waals surface area (Å²) in [6, 6.07) is 3.44. The Morgan fingerprint density at radius 2 is 2.20 bits per heavy atom. The second kappa shape index (κ2) is 5.52. The molecule has 0 fully saturated rings. The predicted octanol–water partition coefficient (Wildman–Crippen LogP) is 1.10. The Kier molecular flexibility index (Phi) is 6.00. The van der Waals surface area contributed by atoms with E-state index in [-0.39, 0.29) is 51.4 Å². The molecule has 2 nitrogen and oxygen atoms in total. The molecule has 4 heteroatoms. The number of aromatic nitrogens is 1. The van der Waals surface area contributed by atoms with Crippen LogP contribution in [-0.4, -0.2) is 63.5 Å². The van der Waals surface area contributed by atoms with Crippen LogP contribution < -0.4 is 4.74 Å². The molecular formula is C6H7ClKNO. The van der Waals surface area contributed by atoms with E-state index in [2.05, 4.69) is 4.98 Å². The SMILES string of the molecule is COc1ccc(Cl)cn1.[KH]. The van der Waals surface area contributed by atoms with E-state index in [4.69, 9.17) is 16.3 Å². The van der Waals surface area contributed by atoms with Gasteiger partial charge in [-0.05, 0) is 6.07 Å². The van der Waals surface area contributed by atoms with Crippen LogP contribution in [0.1, 0.15) is 0 Å². The van der Waals surface area contributed by atoms with Gasteiger partial charge in [0.2, 0.25) is 5.88 Å². The van der Waals surface area contributed by atoms with Gasteiger partial charge in [0.05, 0.1) is 12.1 Å². The molecule has 0 N–H and O–H groups in total. The van der Waals surface area contributed by atoms with E-state index in [0.29, 0.717) is 10.9 Å². The van der Waals surface area contributed by atoms with E-state index in [1.165, 1.54) is 0 Å². The fourth-order valence-electron chi connectivity index (χ4n) is 0.483. The molecule has 1 aromatic heterocycles. The first-order valence-corrected chi connectivity index (χ1v) is 2.86. The summed E-state index contributed by atoms with van der Waals surface area (Å²) >= 11 is 5.55. The number of rotatable bonds is 1. The van der Waals surface area contributed by atoms with E-state index in [0.717, 1.165) is 0 Å². The summed E-state index contributed by atoms with van der Waals surface area (Å²) in [7, 11) is 1.57. The molecule has 0 radical (unpaired) electrons. The number of hydrogen-bond donors (Lipinski definition) is 0. The van der Waals surface area contributed by atoms with Gasteiger partial charge in [-0.2, -0.15) is 0 Å². The van der Waals surface area contributed by atoms with Crippen molar-refractivity contribution in [1.29, 1.82) is 0 Å². The predicted molar refractivity (Wildman–Crippen MR) is 42.9 cm³/mol. The van der Waals surface area contributed by atoms with Crippen molar-refractivity contribution < 1.29 is 4.74 Å². The van der Waals surface area contributed by atoms with Crippen LogP contribution >= 0.6 is 11.6 Å². The molecule has 0 saturated heterocycles. The van der Waals surface area contributed by atoms with Crippen molar-refractivity contribution in [3.63, 3.8) is 0 Å². The minimum absolute atomic E-state index is 0. The van der Waals surface area contributed by atoms with Gasteiger partial charge in [-0.25, -0.2) is 4.98 Å². The topological polar surface area (TPSA) is 22.1 Å². The first kappa shape index (κ1) is 10.9. The van der Waals surface area contributed by atoms with Gasteiger partial charge in [0, 0.05) is 12.3 Å². The Labute approximate surface area is 107 Å². The average molecular weight is 184 g/mol. The molecule has 0 aliphatic carbocycles. The fraction of sp³-hybridized carbons (Fsp3) is 0.167.